The number of amides is 1. The van der Waals surface area contributed by atoms with E-state index in [2.05, 4.69) is 10.6 Å². The Balaban J connectivity index is 1.86. The van der Waals surface area contributed by atoms with Gasteiger partial charge in [-0.15, -0.1) is 0 Å². The van der Waals surface area contributed by atoms with Gasteiger partial charge in [0.05, 0.1) is 12.5 Å². The molecule has 1 aliphatic carbocycles. The fourth-order valence-corrected chi connectivity index (χ4v) is 1.58. The van der Waals surface area contributed by atoms with E-state index < -0.39 is 6.04 Å². The second kappa shape index (κ2) is 5.50. The smallest absolute Gasteiger partial charge is 0.223 e. The molecule has 1 aliphatic rings. The Morgan fingerprint density at radius 2 is 2.11 bits per heavy atom. The Kier molecular flexibility index (Phi) is 3.78. The summed E-state index contributed by atoms with van der Waals surface area (Å²) in [4.78, 5) is 11.5. The van der Waals surface area contributed by atoms with Gasteiger partial charge in [0.25, 0.3) is 0 Å². The first-order valence-electron chi connectivity index (χ1n) is 5.88. The maximum atomic E-state index is 12.7. The van der Waals surface area contributed by atoms with Gasteiger partial charge in [0.1, 0.15) is 11.9 Å². The van der Waals surface area contributed by atoms with E-state index in [1.54, 1.807) is 12.1 Å². The van der Waals surface area contributed by atoms with Gasteiger partial charge >= 0.3 is 0 Å². The van der Waals surface area contributed by atoms with Crippen molar-refractivity contribution >= 4 is 11.6 Å². The van der Waals surface area contributed by atoms with E-state index >= 15 is 0 Å². The molecule has 1 saturated carbocycles. The number of nitrogens with one attached hydrogen (secondary N) is 2. The largest absolute Gasteiger partial charge is 0.369 e. The summed E-state index contributed by atoms with van der Waals surface area (Å²) in [5.74, 6) is -0.459. The lowest BCUT2D eigenvalue weighted by Crippen LogP contribution is -2.31. The van der Waals surface area contributed by atoms with E-state index in [0.29, 0.717) is 11.7 Å². The first kappa shape index (κ1) is 12.4. The molecule has 4 nitrogen and oxygen atoms in total. The quantitative estimate of drug-likeness (QED) is 0.833. The highest BCUT2D eigenvalue weighted by Crippen LogP contribution is 2.19. The van der Waals surface area contributed by atoms with Crippen molar-refractivity contribution in [3.8, 4) is 6.07 Å². The van der Waals surface area contributed by atoms with Crippen molar-refractivity contribution in [1.29, 1.82) is 5.26 Å². The molecule has 2 rings (SSSR count). The second-order valence-corrected chi connectivity index (χ2v) is 4.38. The van der Waals surface area contributed by atoms with Gasteiger partial charge in [0, 0.05) is 11.7 Å². The Morgan fingerprint density at radius 3 is 2.67 bits per heavy atom. The van der Waals surface area contributed by atoms with Gasteiger partial charge in [-0.25, -0.2) is 4.39 Å². The van der Waals surface area contributed by atoms with Crippen LogP contribution in [0.5, 0.6) is 0 Å². The minimum atomic E-state index is -0.603. The molecule has 0 spiro atoms. The zero-order valence-electron chi connectivity index (χ0n) is 9.82. The zero-order valence-corrected chi connectivity index (χ0v) is 9.82. The van der Waals surface area contributed by atoms with Crippen LogP contribution in [-0.4, -0.2) is 18.0 Å². The molecule has 0 bridgehead atoms. The van der Waals surface area contributed by atoms with Crippen LogP contribution in [-0.2, 0) is 4.79 Å². The molecule has 1 amide bonds. The molecule has 0 saturated heterocycles. The predicted octanol–water partition coefficient (Wildman–Crippen LogP) is 1.80. The molecule has 18 heavy (non-hydrogen) atoms. The number of nitrogens with zero attached hydrogens (tertiary/aromatic N) is 1. The van der Waals surface area contributed by atoms with Crippen LogP contribution in [0.4, 0.5) is 10.1 Å². The predicted molar refractivity (Wildman–Crippen MR) is 65.2 cm³/mol. The number of nitriles is 1. The van der Waals surface area contributed by atoms with Crippen LogP contribution in [0.2, 0.25) is 0 Å². The van der Waals surface area contributed by atoms with Gasteiger partial charge in [-0.3, -0.25) is 4.79 Å². The Labute approximate surface area is 105 Å². The van der Waals surface area contributed by atoms with Crippen LogP contribution in [0.1, 0.15) is 19.3 Å². The third-order valence-electron chi connectivity index (χ3n) is 2.67. The number of carbonyl (C=O) groups is 1. The third kappa shape index (κ3) is 3.74. The van der Waals surface area contributed by atoms with E-state index in [9.17, 15) is 9.18 Å². The number of halogens is 1. The van der Waals surface area contributed by atoms with Crippen molar-refractivity contribution in [2.75, 3.05) is 5.32 Å². The molecular weight excluding hydrogens is 233 g/mol. The van der Waals surface area contributed by atoms with Crippen LogP contribution in [0, 0.1) is 17.1 Å². The minimum Gasteiger partial charge on any atom is -0.369 e. The van der Waals surface area contributed by atoms with Gasteiger partial charge in [-0.1, -0.05) is 0 Å². The van der Waals surface area contributed by atoms with Crippen LogP contribution >= 0.6 is 0 Å². The number of carbonyl (C=O) groups excluding carboxylic acids is 1. The summed E-state index contributed by atoms with van der Waals surface area (Å²) < 4.78 is 12.7. The molecule has 94 valence electrons. The van der Waals surface area contributed by atoms with Gasteiger partial charge < -0.3 is 10.6 Å². The molecule has 2 N–H and O–H groups in total. The van der Waals surface area contributed by atoms with Gasteiger partial charge in [0.15, 0.2) is 0 Å². The third-order valence-corrected chi connectivity index (χ3v) is 2.67. The monoisotopic (exact) mass is 247 g/mol. The molecule has 1 unspecified atom stereocenters. The fraction of sp³-hybridized carbons (Fsp3) is 0.385. The number of anilines is 1. The maximum Gasteiger partial charge on any atom is 0.223 e. The summed E-state index contributed by atoms with van der Waals surface area (Å²) in [6, 6.07) is 7.41. The van der Waals surface area contributed by atoms with Crippen molar-refractivity contribution in [2.45, 2.75) is 31.3 Å². The SMILES string of the molecule is N#CC(CC(=O)NC1CC1)Nc1ccc(F)cc1. The molecule has 0 heterocycles. The van der Waals surface area contributed by atoms with Gasteiger partial charge in [0.2, 0.25) is 5.91 Å². The average molecular weight is 247 g/mol. The summed E-state index contributed by atoms with van der Waals surface area (Å²) in [6.07, 6.45) is 2.15. The van der Waals surface area contributed by atoms with Crippen LogP contribution in [0.15, 0.2) is 24.3 Å². The lowest BCUT2D eigenvalue weighted by molar-refractivity contribution is -0.121. The van der Waals surface area contributed by atoms with Crippen LogP contribution < -0.4 is 10.6 Å². The molecule has 0 aliphatic heterocycles. The fourth-order valence-electron chi connectivity index (χ4n) is 1.58. The molecule has 0 radical (unpaired) electrons. The molecule has 1 aromatic carbocycles. The lowest BCUT2D eigenvalue weighted by Gasteiger charge is -2.12. The highest BCUT2D eigenvalue weighted by Gasteiger charge is 2.24. The van der Waals surface area contributed by atoms with Crippen molar-refractivity contribution in [1.82, 2.24) is 5.32 Å². The number of hydrogen-bond acceptors (Lipinski definition) is 3. The molecule has 1 atom stereocenters. The lowest BCUT2D eigenvalue weighted by atomic mass is 10.2. The molecule has 1 aromatic rings. The highest BCUT2D eigenvalue weighted by atomic mass is 19.1. The summed E-state index contributed by atoms with van der Waals surface area (Å²) in [7, 11) is 0. The number of rotatable bonds is 5. The zero-order chi connectivity index (χ0) is 13.0. The minimum absolute atomic E-state index is 0.102. The van der Waals surface area contributed by atoms with Crippen molar-refractivity contribution in [3.05, 3.63) is 30.1 Å². The number of hydrogen-bond donors (Lipinski definition) is 2. The molecule has 1 fully saturated rings. The van der Waals surface area contributed by atoms with E-state index in [1.165, 1.54) is 12.1 Å². The van der Waals surface area contributed by atoms with E-state index in [0.717, 1.165) is 12.8 Å². The van der Waals surface area contributed by atoms with Crippen LogP contribution in [0.3, 0.4) is 0 Å². The number of benzene rings is 1. The summed E-state index contributed by atoms with van der Waals surface area (Å²) >= 11 is 0. The Morgan fingerprint density at radius 1 is 1.44 bits per heavy atom. The Bertz CT molecular complexity index is 462. The first-order valence-corrected chi connectivity index (χ1v) is 5.88. The van der Waals surface area contributed by atoms with E-state index in [4.69, 9.17) is 5.26 Å². The van der Waals surface area contributed by atoms with Gasteiger partial charge in [-0.2, -0.15) is 5.26 Å². The highest BCUT2D eigenvalue weighted by molar-refractivity contribution is 5.78. The normalized spacial score (nSPS) is 15.6. The maximum absolute atomic E-state index is 12.7. The van der Waals surface area contributed by atoms with Crippen LogP contribution in [0.25, 0.3) is 0 Å². The van der Waals surface area contributed by atoms with Gasteiger partial charge in [-0.05, 0) is 37.1 Å². The second-order valence-electron chi connectivity index (χ2n) is 4.38. The summed E-state index contributed by atoms with van der Waals surface area (Å²) in [5, 5.41) is 14.7. The van der Waals surface area contributed by atoms with Crippen molar-refractivity contribution in [3.63, 3.8) is 0 Å². The van der Waals surface area contributed by atoms with Crippen molar-refractivity contribution in [2.24, 2.45) is 0 Å². The average Bonchev–Trinajstić information content (AvgIpc) is 3.15. The molecule has 0 aromatic heterocycles. The standard InChI is InChI=1S/C13H14FN3O/c14-9-1-3-10(4-2-9)16-12(8-15)7-13(18)17-11-5-6-11/h1-4,11-12,16H,5-7H2,(H,17,18). The van der Waals surface area contributed by atoms with Crippen molar-refractivity contribution < 1.29 is 9.18 Å². The topological polar surface area (TPSA) is 64.9 Å². The molecular formula is C13H14FN3O. The van der Waals surface area contributed by atoms with E-state index in [-0.39, 0.29) is 18.1 Å². The summed E-state index contributed by atoms with van der Waals surface area (Å²) in [5.41, 5.74) is 0.627. The molecule has 5 heteroatoms. The Hall–Kier alpha value is -2.09. The first-order chi connectivity index (χ1) is 8.67. The van der Waals surface area contributed by atoms with E-state index in [1.807, 2.05) is 6.07 Å². The summed E-state index contributed by atoms with van der Waals surface area (Å²) in [6.45, 7) is 0.